The summed E-state index contributed by atoms with van der Waals surface area (Å²) in [6, 6.07) is 1.87. The maximum absolute atomic E-state index is 13.3. The van der Waals surface area contributed by atoms with E-state index in [4.69, 9.17) is 0 Å². The molecule has 1 fully saturated rings. The molecule has 11 heteroatoms. The van der Waals surface area contributed by atoms with Crippen molar-refractivity contribution in [2.24, 2.45) is 0 Å². The second-order valence-corrected chi connectivity index (χ2v) is 9.67. The first-order valence-corrected chi connectivity index (χ1v) is 10.6. The molecule has 1 aromatic rings. The highest BCUT2D eigenvalue weighted by atomic mass is 32.2. The molecule has 0 bridgehead atoms. The topological polar surface area (TPSA) is 101 Å². The van der Waals surface area contributed by atoms with Crippen molar-refractivity contribution in [2.45, 2.75) is 12.5 Å². The second kappa shape index (κ2) is 6.63. The van der Waals surface area contributed by atoms with Gasteiger partial charge in [0, 0.05) is 12.1 Å². The van der Waals surface area contributed by atoms with Gasteiger partial charge in [0.15, 0.2) is 21.5 Å². The number of nitrogens with one attached hydrogen (secondary N) is 1. The van der Waals surface area contributed by atoms with Crippen molar-refractivity contribution in [3.63, 3.8) is 0 Å². The van der Waals surface area contributed by atoms with Crippen LogP contribution in [-0.2, 0) is 24.7 Å². The fraction of sp³-hybridized carbons (Fsp3) is 0.462. The number of nitrogens with zero attached hydrogens (tertiary/aromatic N) is 1. The second-order valence-electron chi connectivity index (χ2n) is 5.54. The van der Waals surface area contributed by atoms with Gasteiger partial charge in [0.1, 0.15) is 6.54 Å². The first-order valence-electron chi connectivity index (χ1n) is 6.90. The third-order valence-corrected chi connectivity index (χ3v) is 6.38. The maximum Gasteiger partial charge on any atom is 0.241 e. The van der Waals surface area contributed by atoms with Crippen LogP contribution in [0.1, 0.15) is 6.42 Å². The summed E-state index contributed by atoms with van der Waals surface area (Å²) in [6.45, 7) is -0.666. The minimum Gasteiger partial charge on any atom is -0.351 e. The number of amides is 1. The predicted octanol–water partition coefficient (Wildman–Crippen LogP) is 0.0341. The Morgan fingerprint density at radius 2 is 2.00 bits per heavy atom. The summed E-state index contributed by atoms with van der Waals surface area (Å²) in [6.07, 6.45) is 1.07. The molecule has 0 spiro atoms. The molecule has 1 unspecified atom stereocenters. The fourth-order valence-corrected chi connectivity index (χ4v) is 4.87. The highest BCUT2D eigenvalue weighted by Crippen LogP contribution is 2.20. The van der Waals surface area contributed by atoms with Gasteiger partial charge in [-0.25, -0.2) is 25.6 Å². The number of rotatable bonds is 5. The molecule has 2 rings (SSSR count). The van der Waals surface area contributed by atoms with E-state index >= 15 is 0 Å². The Morgan fingerprint density at radius 1 is 1.33 bits per heavy atom. The number of halogens is 2. The smallest absolute Gasteiger partial charge is 0.241 e. The number of sulfone groups is 1. The zero-order valence-corrected chi connectivity index (χ0v) is 14.3. The maximum atomic E-state index is 13.3. The summed E-state index contributed by atoms with van der Waals surface area (Å²) < 4.78 is 73.3. The van der Waals surface area contributed by atoms with Gasteiger partial charge >= 0.3 is 0 Å². The highest BCUT2D eigenvalue weighted by molar-refractivity contribution is 7.92. The van der Waals surface area contributed by atoms with Crippen LogP contribution in [0.3, 0.4) is 0 Å². The molecule has 0 saturated carbocycles. The van der Waals surface area contributed by atoms with Gasteiger partial charge in [-0.05, 0) is 18.6 Å². The number of benzene rings is 1. The van der Waals surface area contributed by atoms with Crippen LogP contribution in [-0.4, -0.2) is 53.1 Å². The lowest BCUT2D eigenvalue weighted by atomic mass is 10.2. The van der Waals surface area contributed by atoms with Crippen molar-refractivity contribution < 1.29 is 30.4 Å². The third kappa shape index (κ3) is 4.63. The molecular formula is C13H16F2N2O5S2. The average molecular weight is 382 g/mol. The lowest BCUT2D eigenvalue weighted by molar-refractivity contribution is -0.120. The quantitative estimate of drug-likeness (QED) is 0.775. The standard InChI is InChI=1S/C13H16F2N2O5S2/c1-23(19,20)17(10-2-3-11(14)12(15)6-10)7-13(18)16-9-4-5-24(21,22)8-9/h2-3,6,9H,4-5,7-8H2,1H3,(H,16,18). The van der Waals surface area contributed by atoms with E-state index < -0.39 is 50.0 Å². The van der Waals surface area contributed by atoms with Crippen molar-refractivity contribution in [1.29, 1.82) is 0 Å². The molecule has 0 aliphatic carbocycles. The zero-order valence-electron chi connectivity index (χ0n) is 12.7. The Morgan fingerprint density at radius 3 is 2.50 bits per heavy atom. The Bertz CT molecular complexity index is 855. The SMILES string of the molecule is CS(=O)(=O)N(CC(=O)NC1CCS(=O)(=O)C1)c1ccc(F)c(F)c1. The normalized spacial score (nSPS) is 19.9. The average Bonchev–Trinajstić information content (AvgIpc) is 2.77. The van der Waals surface area contributed by atoms with E-state index in [1.807, 2.05) is 0 Å². The van der Waals surface area contributed by atoms with Crippen molar-refractivity contribution >= 4 is 31.5 Å². The molecule has 1 aliphatic rings. The molecule has 0 aromatic heterocycles. The molecule has 1 aliphatic heterocycles. The number of carbonyl (C=O) groups excluding carboxylic acids is 1. The Labute approximate surface area is 138 Å². The Hall–Kier alpha value is -1.75. The summed E-state index contributed by atoms with van der Waals surface area (Å²) in [4.78, 5) is 12.0. The van der Waals surface area contributed by atoms with Gasteiger partial charge in [-0.15, -0.1) is 0 Å². The largest absolute Gasteiger partial charge is 0.351 e. The van der Waals surface area contributed by atoms with Gasteiger partial charge < -0.3 is 5.32 Å². The number of hydrogen-bond acceptors (Lipinski definition) is 5. The molecule has 1 heterocycles. The molecule has 1 saturated heterocycles. The summed E-state index contributed by atoms with van der Waals surface area (Å²) in [5.41, 5.74) is -0.203. The molecule has 1 N–H and O–H groups in total. The van der Waals surface area contributed by atoms with Crippen LogP contribution in [0.2, 0.25) is 0 Å². The number of hydrogen-bond donors (Lipinski definition) is 1. The molecule has 1 aromatic carbocycles. The van der Waals surface area contributed by atoms with Gasteiger partial charge in [0.05, 0.1) is 23.4 Å². The van der Waals surface area contributed by atoms with Crippen LogP contribution < -0.4 is 9.62 Å². The van der Waals surface area contributed by atoms with Crippen molar-refractivity contribution in [3.8, 4) is 0 Å². The van der Waals surface area contributed by atoms with E-state index in [2.05, 4.69) is 5.32 Å². The van der Waals surface area contributed by atoms with Crippen LogP contribution in [0.15, 0.2) is 18.2 Å². The lowest BCUT2D eigenvalue weighted by Crippen LogP contribution is -2.44. The number of carbonyl (C=O) groups is 1. The van der Waals surface area contributed by atoms with E-state index in [9.17, 15) is 30.4 Å². The van der Waals surface area contributed by atoms with E-state index in [1.165, 1.54) is 0 Å². The fourth-order valence-electron chi connectivity index (χ4n) is 2.35. The Kier molecular flexibility index (Phi) is 5.14. The first kappa shape index (κ1) is 18.6. The van der Waals surface area contributed by atoms with Gasteiger partial charge in [-0.1, -0.05) is 0 Å². The van der Waals surface area contributed by atoms with Crippen LogP contribution in [0, 0.1) is 11.6 Å². The lowest BCUT2D eigenvalue weighted by Gasteiger charge is -2.23. The monoisotopic (exact) mass is 382 g/mol. The van der Waals surface area contributed by atoms with Gasteiger partial charge in [-0.2, -0.15) is 0 Å². The highest BCUT2D eigenvalue weighted by Gasteiger charge is 2.30. The van der Waals surface area contributed by atoms with Crippen molar-refractivity contribution in [1.82, 2.24) is 5.32 Å². The van der Waals surface area contributed by atoms with E-state index in [-0.39, 0.29) is 23.6 Å². The van der Waals surface area contributed by atoms with Crippen LogP contribution >= 0.6 is 0 Å². The molecule has 134 valence electrons. The van der Waals surface area contributed by atoms with Crippen LogP contribution in [0.4, 0.5) is 14.5 Å². The molecule has 24 heavy (non-hydrogen) atoms. The summed E-state index contributed by atoms with van der Waals surface area (Å²) in [7, 11) is -7.13. The molecular weight excluding hydrogens is 366 g/mol. The summed E-state index contributed by atoms with van der Waals surface area (Å²) >= 11 is 0. The third-order valence-electron chi connectivity index (χ3n) is 3.48. The van der Waals surface area contributed by atoms with E-state index in [0.717, 1.165) is 18.4 Å². The van der Waals surface area contributed by atoms with Crippen molar-refractivity contribution in [2.75, 3.05) is 28.6 Å². The molecule has 7 nitrogen and oxygen atoms in total. The van der Waals surface area contributed by atoms with Gasteiger partial charge in [0.2, 0.25) is 15.9 Å². The zero-order chi connectivity index (χ0) is 18.1. The summed E-state index contributed by atoms with van der Waals surface area (Å²) in [5.74, 6) is -3.37. The van der Waals surface area contributed by atoms with Crippen LogP contribution in [0.5, 0.6) is 0 Å². The number of anilines is 1. The minimum absolute atomic E-state index is 0.0447. The predicted molar refractivity (Wildman–Crippen MR) is 83.7 cm³/mol. The molecule has 1 amide bonds. The minimum atomic E-state index is -3.93. The van der Waals surface area contributed by atoms with Crippen molar-refractivity contribution in [3.05, 3.63) is 29.8 Å². The number of sulfonamides is 1. The first-order chi connectivity index (χ1) is 11.0. The Balaban J connectivity index is 2.15. The van der Waals surface area contributed by atoms with Gasteiger partial charge in [-0.3, -0.25) is 9.10 Å². The summed E-state index contributed by atoms with van der Waals surface area (Å²) in [5, 5.41) is 2.44. The van der Waals surface area contributed by atoms with E-state index in [0.29, 0.717) is 10.4 Å². The van der Waals surface area contributed by atoms with Crippen LogP contribution in [0.25, 0.3) is 0 Å². The molecule has 1 atom stereocenters. The van der Waals surface area contributed by atoms with Gasteiger partial charge in [0.25, 0.3) is 0 Å². The molecule has 0 radical (unpaired) electrons. The van der Waals surface area contributed by atoms with E-state index in [1.54, 1.807) is 0 Å².